The average Bonchev–Trinajstić information content (AvgIpc) is 2.26. The summed E-state index contributed by atoms with van der Waals surface area (Å²) in [6.45, 7) is 5.93. The molecule has 0 radical (unpaired) electrons. The fourth-order valence-electron chi connectivity index (χ4n) is 1.96. The van der Waals surface area contributed by atoms with E-state index in [4.69, 9.17) is 0 Å². The lowest BCUT2D eigenvalue weighted by molar-refractivity contribution is 0.0279. The van der Waals surface area contributed by atoms with E-state index in [0.717, 1.165) is 19.0 Å². The molecule has 1 N–H and O–H groups in total. The van der Waals surface area contributed by atoms with Crippen LogP contribution in [0.4, 0.5) is 4.39 Å². The highest BCUT2D eigenvalue weighted by Gasteiger charge is 2.26. The van der Waals surface area contributed by atoms with Crippen molar-refractivity contribution in [3.63, 3.8) is 0 Å². The Kier molecular flexibility index (Phi) is 4.42. The highest BCUT2D eigenvalue weighted by Crippen LogP contribution is 2.30. The van der Waals surface area contributed by atoms with Crippen LogP contribution in [0.3, 0.4) is 0 Å². The van der Waals surface area contributed by atoms with Gasteiger partial charge in [0.2, 0.25) is 0 Å². The Morgan fingerprint density at radius 2 is 2.00 bits per heavy atom. The molecule has 0 aromatic carbocycles. The zero-order chi connectivity index (χ0) is 12.2. The highest BCUT2D eigenvalue weighted by atomic mass is 19.1. The molecule has 1 unspecified atom stereocenters. The van der Waals surface area contributed by atoms with Crippen molar-refractivity contribution in [3.05, 3.63) is 29.8 Å². The molecule has 0 bridgehead atoms. The van der Waals surface area contributed by atoms with E-state index in [2.05, 4.69) is 18.8 Å². The van der Waals surface area contributed by atoms with Crippen molar-refractivity contribution in [1.82, 2.24) is 4.98 Å². The van der Waals surface area contributed by atoms with Crippen molar-refractivity contribution >= 4 is 0 Å². The van der Waals surface area contributed by atoms with Crippen LogP contribution in [0.25, 0.3) is 0 Å². The van der Waals surface area contributed by atoms with Crippen molar-refractivity contribution < 1.29 is 9.50 Å². The quantitative estimate of drug-likeness (QED) is 0.834. The van der Waals surface area contributed by atoms with E-state index in [9.17, 15) is 9.50 Å². The Bertz CT molecular complexity index is 334. The van der Waals surface area contributed by atoms with Gasteiger partial charge in [-0.3, -0.25) is 4.98 Å². The molecule has 1 aromatic rings. The summed E-state index contributed by atoms with van der Waals surface area (Å²) in [7, 11) is 0. The number of aromatic nitrogens is 1. The van der Waals surface area contributed by atoms with Crippen molar-refractivity contribution in [2.75, 3.05) is 0 Å². The Morgan fingerprint density at radius 1 is 1.38 bits per heavy atom. The third-order valence-corrected chi connectivity index (χ3v) is 3.17. The van der Waals surface area contributed by atoms with Gasteiger partial charge in [0.15, 0.2) is 0 Å². The monoisotopic (exact) mass is 225 g/mol. The summed E-state index contributed by atoms with van der Waals surface area (Å²) in [6.07, 6.45) is 5.37. The second-order valence-electron chi connectivity index (χ2n) is 4.55. The van der Waals surface area contributed by atoms with Crippen LogP contribution in [0.2, 0.25) is 0 Å². The first-order valence-electron chi connectivity index (χ1n) is 5.83. The van der Waals surface area contributed by atoms with Crippen LogP contribution in [-0.4, -0.2) is 10.1 Å². The number of rotatable bonds is 5. The maximum atomic E-state index is 13.0. The summed E-state index contributed by atoms with van der Waals surface area (Å²) in [6, 6.07) is 1.36. The van der Waals surface area contributed by atoms with Crippen molar-refractivity contribution in [3.8, 4) is 0 Å². The van der Waals surface area contributed by atoms with Gasteiger partial charge in [0, 0.05) is 11.8 Å². The van der Waals surface area contributed by atoms with Crippen LogP contribution < -0.4 is 0 Å². The van der Waals surface area contributed by atoms with Gasteiger partial charge >= 0.3 is 0 Å². The molecule has 90 valence electrons. The third kappa shape index (κ3) is 3.27. The van der Waals surface area contributed by atoms with E-state index >= 15 is 0 Å². The fourth-order valence-corrected chi connectivity index (χ4v) is 1.96. The predicted molar refractivity (Wildman–Crippen MR) is 62.5 cm³/mol. The molecule has 0 aliphatic heterocycles. The summed E-state index contributed by atoms with van der Waals surface area (Å²) >= 11 is 0. The fraction of sp³-hybridized carbons (Fsp3) is 0.615. The SMILES string of the molecule is CCC(CC)CC(C)(O)c1cncc(F)c1. The van der Waals surface area contributed by atoms with Gasteiger partial charge in [-0.1, -0.05) is 26.7 Å². The van der Waals surface area contributed by atoms with Crippen molar-refractivity contribution in [2.24, 2.45) is 5.92 Å². The van der Waals surface area contributed by atoms with Gasteiger partial charge in [-0.2, -0.15) is 0 Å². The minimum absolute atomic E-state index is 0.401. The van der Waals surface area contributed by atoms with Gasteiger partial charge in [-0.05, 0) is 25.3 Å². The first-order chi connectivity index (χ1) is 7.49. The molecule has 0 fully saturated rings. The summed E-state index contributed by atoms with van der Waals surface area (Å²) < 4.78 is 13.0. The summed E-state index contributed by atoms with van der Waals surface area (Å²) in [5.74, 6) is 0.0561. The average molecular weight is 225 g/mol. The van der Waals surface area contributed by atoms with E-state index in [1.54, 1.807) is 6.92 Å². The predicted octanol–water partition coefficient (Wildman–Crippen LogP) is 3.25. The van der Waals surface area contributed by atoms with Crippen LogP contribution in [0.15, 0.2) is 18.5 Å². The number of aliphatic hydroxyl groups is 1. The number of hydrogen-bond donors (Lipinski definition) is 1. The van der Waals surface area contributed by atoms with Gasteiger partial charge in [0.1, 0.15) is 5.82 Å². The summed E-state index contributed by atoms with van der Waals surface area (Å²) in [4.78, 5) is 3.77. The molecular weight excluding hydrogens is 205 g/mol. The topological polar surface area (TPSA) is 33.1 Å². The molecule has 0 spiro atoms. The molecule has 0 aliphatic carbocycles. The van der Waals surface area contributed by atoms with E-state index < -0.39 is 11.4 Å². The number of pyridine rings is 1. The summed E-state index contributed by atoms with van der Waals surface area (Å²) in [5.41, 5.74) is -0.439. The Hall–Kier alpha value is -0.960. The minimum atomic E-state index is -0.994. The van der Waals surface area contributed by atoms with Gasteiger partial charge in [0.05, 0.1) is 11.8 Å². The van der Waals surface area contributed by atoms with E-state index in [1.807, 2.05) is 0 Å². The zero-order valence-electron chi connectivity index (χ0n) is 10.2. The van der Waals surface area contributed by atoms with Crippen molar-refractivity contribution in [1.29, 1.82) is 0 Å². The molecular formula is C13H20FNO. The smallest absolute Gasteiger partial charge is 0.141 e. The van der Waals surface area contributed by atoms with E-state index in [-0.39, 0.29) is 0 Å². The molecule has 16 heavy (non-hydrogen) atoms. The zero-order valence-corrected chi connectivity index (χ0v) is 10.2. The number of nitrogens with zero attached hydrogens (tertiary/aromatic N) is 1. The van der Waals surface area contributed by atoms with Crippen LogP contribution >= 0.6 is 0 Å². The van der Waals surface area contributed by atoms with Crippen LogP contribution in [0.5, 0.6) is 0 Å². The molecule has 0 aliphatic rings. The minimum Gasteiger partial charge on any atom is -0.385 e. The Labute approximate surface area is 96.5 Å². The first-order valence-corrected chi connectivity index (χ1v) is 5.83. The lowest BCUT2D eigenvalue weighted by Gasteiger charge is -2.27. The lowest BCUT2D eigenvalue weighted by atomic mass is 9.84. The molecule has 0 saturated carbocycles. The van der Waals surface area contributed by atoms with E-state index in [0.29, 0.717) is 17.9 Å². The molecule has 0 amide bonds. The molecule has 0 saturated heterocycles. The standard InChI is InChI=1S/C13H20FNO/c1-4-10(5-2)7-13(3,16)11-6-12(14)9-15-8-11/h6,8-10,16H,4-5,7H2,1-3H3. The lowest BCUT2D eigenvalue weighted by Crippen LogP contribution is -2.25. The van der Waals surface area contributed by atoms with Gasteiger partial charge < -0.3 is 5.11 Å². The third-order valence-electron chi connectivity index (χ3n) is 3.17. The second-order valence-corrected chi connectivity index (χ2v) is 4.55. The van der Waals surface area contributed by atoms with Crippen LogP contribution in [-0.2, 0) is 5.60 Å². The van der Waals surface area contributed by atoms with Gasteiger partial charge in [-0.25, -0.2) is 4.39 Å². The largest absolute Gasteiger partial charge is 0.385 e. The Balaban J connectivity index is 2.84. The molecule has 1 aromatic heterocycles. The second kappa shape index (κ2) is 5.39. The number of halogens is 1. The maximum Gasteiger partial charge on any atom is 0.141 e. The van der Waals surface area contributed by atoms with Gasteiger partial charge in [0.25, 0.3) is 0 Å². The summed E-state index contributed by atoms with van der Waals surface area (Å²) in [5, 5.41) is 10.3. The Morgan fingerprint density at radius 3 is 2.50 bits per heavy atom. The number of hydrogen-bond acceptors (Lipinski definition) is 2. The molecule has 1 rings (SSSR count). The highest BCUT2D eigenvalue weighted by molar-refractivity contribution is 5.18. The normalized spacial score (nSPS) is 15.1. The van der Waals surface area contributed by atoms with E-state index in [1.165, 1.54) is 12.3 Å². The first kappa shape index (κ1) is 13.1. The molecule has 1 heterocycles. The van der Waals surface area contributed by atoms with Crippen LogP contribution in [0, 0.1) is 11.7 Å². The molecule has 3 heteroatoms. The molecule has 1 atom stereocenters. The molecule has 2 nitrogen and oxygen atoms in total. The van der Waals surface area contributed by atoms with Gasteiger partial charge in [-0.15, -0.1) is 0 Å². The van der Waals surface area contributed by atoms with Crippen molar-refractivity contribution in [2.45, 2.75) is 45.6 Å². The van der Waals surface area contributed by atoms with Crippen LogP contribution in [0.1, 0.15) is 45.6 Å². The maximum absolute atomic E-state index is 13.0.